The number of hydrogen-bond acceptors (Lipinski definition) is 4. The van der Waals surface area contributed by atoms with E-state index in [1.54, 1.807) is 0 Å². The maximum absolute atomic E-state index is 8.34. The number of aliphatic hydroxyl groups excluding tert-OH is 2. The van der Waals surface area contributed by atoms with Gasteiger partial charge in [-0.2, -0.15) is 0 Å². The van der Waals surface area contributed by atoms with E-state index < -0.39 is 0 Å². The van der Waals surface area contributed by atoms with Crippen LogP contribution in [0, 0.1) is 0 Å². The molecule has 0 heterocycles. The molecule has 0 spiro atoms. The smallest absolute Gasteiger partial charge is 0.0553 e. The zero-order valence-corrected chi connectivity index (χ0v) is 8.54. The number of nitrogens with two attached hydrogens (primary N) is 1. The van der Waals surface area contributed by atoms with Crippen molar-refractivity contribution in [2.75, 3.05) is 33.0 Å². The molecule has 0 rings (SSSR count). The van der Waals surface area contributed by atoms with E-state index in [1.165, 1.54) is 6.42 Å². The van der Waals surface area contributed by atoms with Crippen LogP contribution in [0.1, 0.15) is 26.2 Å². The highest BCUT2D eigenvalue weighted by Gasteiger charge is 1.85. The highest BCUT2D eigenvalue weighted by atomic mass is 16.5. The van der Waals surface area contributed by atoms with Gasteiger partial charge < -0.3 is 20.7 Å². The van der Waals surface area contributed by atoms with Crippen LogP contribution in [-0.2, 0) is 4.74 Å². The van der Waals surface area contributed by atoms with Gasteiger partial charge in [0.25, 0.3) is 0 Å². The van der Waals surface area contributed by atoms with Crippen molar-refractivity contribution in [3.05, 3.63) is 0 Å². The van der Waals surface area contributed by atoms with Gasteiger partial charge >= 0.3 is 0 Å². The molecule has 4 nitrogen and oxygen atoms in total. The quantitative estimate of drug-likeness (QED) is 0.502. The number of hydrogen-bond donors (Lipinski definition) is 3. The van der Waals surface area contributed by atoms with Crippen molar-refractivity contribution in [1.29, 1.82) is 0 Å². The van der Waals surface area contributed by atoms with Gasteiger partial charge in [0.1, 0.15) is 0 Å². The molecule has 13 heavy (non-hydrogen) atoms. The van der Waals surface area contributed by atoms with E-state index in [0.717, 1.165) is 19.4 Å². The van der Waals surface area contributed by atoms with Crippen molar-refractivity contribution in [3.63, 3.8) is 0 Å². The van der Waals surface area contributed by atoms with Crippen LogP contribution in [0.2, 0.25) is 0 Å². The second-order valence-electron chi connectivity index (χ2n) is 2.56. The van der Waals surface area contributed by atoms with Crippen molar-refractivity contribution in [1.82, 2.24) is 0 Å². The molecular formula is C9H23NO3. The van der Waals surface area contributed by atoms with E-state index in [1.807, 2.05) is 0 Å². The van der Waals surface area contributed by atoms with Crippen molar-refractivity contribution in [2.24, 2.45) is 5.73 Å². The fourth-order valence-electron chi connectivity index (χ4n) is 0.515. The molecule has 4 N–H and O–H groups in total. The Morgan fingerprint density at radius 3 is 2.00 bits per heavy atom. The van der Waals surface area contributed by atoms with Gasteiger partial charge in [-0.05, 0) is 12.8 Å². The first-order chi connectivity index (χ1) is 6.33. The Bertz CT molecular complexity index is 63.9. The minimum Gasteiger partial charge on any atom is -0.396 e. The first-order valence-electron chi connectivity index (χ1n) is 4.83. The Hall–Kier alpha value is -0.160. The molecule has 0 fully saturated rings. The average molecular weight is 193 g/mol. The average Bonchev–Trinajstić information content (AvgIpc) is 2.18. The van der Waals surface area contributed by atoms with Crippen LogP contribution in [0.25, 0.3) is 0 Å². The molecule has 0 radical (unpaired) electrons. The van der Waals surface area contributed by atoms with Gasteiger partial charge in [0.05, 0.1) is 6.61 Å². The van der Waals surface area contributed by atoms with Crippen molar-refractivity contribution in [3.8, 4) is 0 Å². The highest BCUT2D eigenvalue weighted by molar-refractivity contribution is 4.33. The normalized spacial score (nSPS) is 9.23. The second kappa shape index (κ2) is 17.8. The summed E-state index contributed by atoms with van der Waals surface area (Å²) in [5, 5.41) is 16.1. The lowest BCUT2D eigenvalue weighted by Gasteiger charge is -1.99. The van der Waals surface area contributed by atoms with Gasteiger partial charge in [0.15, 0.2) is 0 Å². The Morgan fingerprint density at radius 2 is 1.62 bits per heavy atom. The topological polar surface area (TPSA) is 75.7 Å². The fourth-order valence-corrected chi connectivity index (χ4v) is 0.515. The van der Waals surface area contributed by atoms with Crippen LogP contribution in [0.15, 0.2) is 0 Å². The second-order valence-corrected chi connectivity index (χ2v) is 2.56. The van der Waals surface area contributed by atoms with Crippen molar-refractivity contribution >= 4 is 0 Å². The van der Waals surface area contributed by atoms with Gasteiger partial charge in [0.2, 0.25) is 0 Å². The molecular weight excluding hydrogens is 170 g/mol. The van der Waals surface area contributed by atoms with E-state index in [2.05, 4.69) is 6.92 Å². The monoisotopic (exact) mass is 193 g/mol. The molecule has 0 aromatic rings. The number of unbranched alkanes of at least 4 members (excludes halogenated alkanes) is 1. The molecule has 0 bridgehead atoms. The fraction of sp³-hybridized carbons (Fsp3) is 1.00. The molecule has 0 aromatic carbocycles. The van der Waals surface area contributed by atoms with Gasteiger partial charge in [-0.1, -0.05) is 13.3 Å². The first kappa shape index (κ1) is 15.3. The zero-order chi connectivity index (χ0) is 10.4. The molecule has 0 aliphatic rings. The van der Waals surface area contributed by atoms with Crippen LogP contribution in [0.4, 0.5) is 0 Å². The molecule has 0 aliphatic heterocycles. The predicted octanol–water partition coefficient (Wildman–Crippen LogP) is 0.123. The van der Waals surface area contributed by atoms with Crippen LogP contribution in [0.3, 0.4) is 0 Å². The summed E-state index contributed by atoms with van der Waals surface area (Å²) in [6.45, 7) is 4.40. The Kier molecular flexibility index (Phi) is 21.0. The molecule has 0 aliphatic carbocycles. The maximum Gasteiger partial charge on any atom is 0.0553 e. The molecule has 0 amide bonds. The lowest BCUT2D eigenvalue weighted by Crippen LogP contribution is -2.02. The highest BCUT2D eigenvalue weighted by Crippen LogP contribution is 1.88. The van der Waals surface area contributed by atoms with Gasteiger partial charge in [0, 0.05) is 26.4 Å². The Balaban J connectivity index is 0. The minimum atomic E-state index is 0.0972. The number of ether oxygens (including phenoxy) is 1. The molecule has 4 heteroatoms. The summed E-state index contributed by atoms with van der Waals surface area (Å²) in [4.78, 5) is 0. The summed E-state index contributed by atoms with van der Waals surface area (Å²) in [7, 11) is 0. The summed E-state index contributed by atoms with van der Waals surface area (Å²) in [6, 6.07) is 0. The molecule has 0 aromatic heterocycles. The van der Waals surface area contributed by atoms with E-state index in [4.69, 9.17) is 20.7 Å². The van der Waals surface area contributed by atoms with E-state index in [9.17, 15) is 0 Å². The molecule has 82 valence electrons. The third-order valence-electron chi connectivity index (χ3n) is 1.22. The summed E-state index contributed by atoms with van der Waals surface area (Å²) in [5.41, 5.74) is 4.78. The van der Waals surface area contributed by atoms with Gasteiger partial charge in [-0.15, -0.1) is 0 Å². The molecule has 0 unspecified atom stereocenters. The largest absolute Gasteiger partial charge is 0.396 e. The van der Waals surface area contributed by atoms with E-state index in [-0.39, 0.29) is 13.2 Å². The van der Waals surface area contributed by atoms with Crippen molar-refractivity contribution in [2.45, 2.75) is 26.2 Å². The zero-order valence-electron chi connectivity index (χ0n) is 8.54. The summed E-state index contributed by atoms with van der Waals surface area (Å²) in [5.74, 6) is 0. The van der Waals surface area contributed by atoms with Gasteiger partial charge in [-0.25, -0.2) is 0 Å². The summed E-state index contributed by atoms with van der Waals surface area (Å²) < 4.78 is 5.15. The van der Waals surface area contributed by atoms with Crippen molar-refractivity contribution < 1.29 is 14.9 Å². The van der Waals surface area contributed by atoms with Crippen LogP contribution in [-0.4, -0.2) is 43.2 Å². The first-order valence-corrected chi connectivity index (χ1v) is 4.83. The predicted molar refractivity (Wildman–Crippen MR) is 53.6 cm³/mol. The standard InChI is InChI=1S/C7H16O2.C2H7NO/c1-2-3-6-9-7-4-5-8;3-1-2-4/h8H,2-7H2,1H3;4H,1-3H2. The molecule has 0 saturated carbocycles. The molecule has 0 atom stereocenters. The van der Waals surface area contributed by atoms with E-state index >= 15 is 0 Å². The van der Waals surface area contributed by atoms with Crippen LogP contribution in [0.5, 0.6) is 0 Å². The number of rotatable bonds is 7. The van der Waals surface area contributed by atoms with Crippen LogP contribution < -0.4 is 5.73 Å². The minimum absolute atomic E-state index is 0.0972. The number of aliphatic hydroxyl groups is 2. The lowest BCUT2D eigenvalue weighted by atomic mass is 10.4. The third kappa shape index (κ3) is 24.5. The maximum atomic E-state index is 8.34. The van der Waals surface area contributed by atoms with E-state index in [0.29, 0.717) is 13.2 Å². The summed E-state index contributed by atoms with van der Waals surface area (Å²) in [6.07, 6.45) is 3.08. The summed E-state index contributed by atoms with van der Waals surface area (Å²) >= 11 is 0. The third-order valence-corrected chi connectivity index (χ3v) is 1.22. The SMILES string of the molecule is CCCCOCCCO.NCCO. The van der Waals surface area contributed by atoms with Crippen LogP contribution >= 0.6 is 0 Å². The Labute approximate surface area is 80.7 Å². The molecule has 0 saturated heterocycles. The Morgan fingerprint density at radius 1 is 1.08 bits per heavy atom. The van der Waals surface area contributed by atoms with Gasteiger partial charge in [-0.3, -0.25) is 0 Å². The lowest BCUT2D eigenvalue weighted by molar-refractivity contribution is 0.114.